The van der Waals surface area contributed by atoms with E-state index in [1.807, 2.05) is 6.92 Å². The summed E-state index contributed by atoms with van der Waals surface area (Å²) in [5.41, 5.74) is 7.70. The Labute approximate surface area is 119 Å². The molecule has 1 heterocycles. The van der Waals surface area contributed by atoms with Gasteiger partial charge in [0.1, 0.15) is 12.7 Å². The minimum atomic E-state index is -0.320. The molecule has 1 aliphatic heterocycles. The summed E-state index contributed by atoms with van der Waals surface area (Å²) in [6.07, 6.45) is -0.0401. The molecule has 1 saturated heterocycles. The number of carbonyl (C=O) groups is 1. The van der Waals surface area contributed by atoms with E-state index in [1.54, 1.807) is 18.2 Å². The first-order chi connectivity index (χ1) is 9.60. The lowest BCUT2D eigenvalue weighted by molar-refractivity contribution is -0.0578. The largest absolute Gasteiger partial charge is 0.459 e. The van der Waals surface area contributed by atoms with Crippen molar-refractivity contribution in [2.75, 3.05) is 38.6 Å². The van der Waals surface area contributed by atoms with Crippen molar-refractivity contribution in [2.45, 2.75) is 20.0 Å². The van der Waals surface area contributed by atoms with Gasteiger partial charge in [0.05, 0.1) is 12.2 Å². The Morgan fingerprint density at radius 3 is 3.05 bits per heavy atom. The highest BCUT2D eigenvalue weighted by Crippen LogP contribution is 2.14. The molecule has 5 nitrogen and oxygen atoms in total. The van der Waals surface area contributed by atoms with Crippen molar-refractivity contribution in [2.24, 2.45) is 0 Å². The van der Waals surface area contributed by atoms with Crippen LogP contribution in [0.3, 0.4) is 0 Å². The average molecular weight is 278 g/mol. The molecule has 0 aromatic heterocycles. The van der Waals surface area contributed by atoms with Crippen LogP contribution in [0.5, 0.6) is 0 Å². The SMILES string of the molecule is CCN1CCOC(COC(=O)c2ccc(N)cc2C)C1. The molecular formula is C15H22N2O3. The number of morpholine rings is 1. The van der Waals surface area contributed by atoms with Crippen LogP contribution >= 0.6 is 0 Å². The first kappa shape index (κ1) is 14.8. The maximum Gasteiger partial charge on any atom is 0.338 e. The Hall–Kier alpha value is -1.59. The molecule has 1 aromatic carbocycles. The van der Waals surface area contributed by atoms with Gasteiger partial charge in [0, 0.05) is 18.8 Å². The number of esters is 1. The quantitative estimate of drug-likeness (QED) is 0.667. The number of anilines is 1. The van der Waals surface area contributed by atoms with E-state index >= 15 is 0 Å². The molecule has 20 heavy (non-hydrogen) atoms. The monoisotopic (exact) mass is 278 g/mol. The topological polar surface area (TPSA) is 64.8 Å². The van der Waals surface area contributed by atoms with E-state index in [4.69, 9.17) is 15.2 Å². The summed E-state index contributed by atoms with van der Waals surface area (Å²) in [5.74, 6) is -0.320. The van der Waals surface area contributed by atoms with Crippen LogP contribution in [-0.4, -0.2) is 49.8 Å². The zero-order valence-corrected chi connectivity index (χ0v) is 12.1. The van der Waals surface area contributed by atoms with Gasteiger partial charge in [0.25, 0.3) is 0 Å². The van der Waals surface area contributed by atoms with Gasteiger partial charge in [-0.05, 0) is 37.2 Å². The molecule has 0 radical (unpaired) electrons. The van der Waals surface area contributed by atoms with E-state index in [1.165, 1.54) is 0 Å². The van der Waals surface area contributed by atoms with E-state index in [0.717, 1.165) is 25.2 Å². The molecule has 0 amide bonds. The van der Waals surface area contributed by atoms with Crippen molar-refractivity contribution < 1.29 is 14.3 Å². The fourth-order valence-corrected chi connectivity index (χ4v) is 2.33. The number of nitrogens with zero attached hydrogens (tertiary/aromatic N) is 1. The molecule has 2 rings (SSSR count). The van der Waals surface area contributed by atoms with Gasteiger partial charge in [0.15, 0.2) is 0 Å². The molecule has 1 unspecified atom stereocenters. The highest BCUT2D eigenvalue weighted by molar-refractivity contribution is 5.91. The van der Waals surface area contributed by atoms with Gasteiger partial charge in [0.2, 0.25) is 0 Å². The van der Waals surface area contributed by atoms with Gasteiger partial charge in [-0.1, -0.05) is 6.92 Å². The second-order valence-corrected chi connectivity index (χ2v) is 5.06. The van der Waals surface area contributed by atoms with Gasteiger partial charge in [-0.25, -0.2) is 4.79 Å². The molecule has 2 N–H and O–H groups in total. The summed E-state index contributed by atoms with van der Waals surface area (Å²) < 4.78 is 11.0. The number of hydrogen-bond acceptors (Lipinski definition) is 5. The van der Waals surface area contributed by atoms with Crippen LogP contribution < -0.4 is 5.73 Å². The summed E-state index contributed by atoms with van der Waals surface area (Å²) in [5, 5.41) is 0. The maximum atomic E-state index is 12.0. The maximum absolute atomic E-state index is 12.0. The number of nitrogen functional groups attached to an aromatic ring is 1. The van der Waals surface area contributed by atoms with Gasteiger partial charge in [-0.15, -0.1) is 0 Å². The smallest absolute Gasteiger partial charge is 0.338 e. The molecule has 0 saturated carbocycles. The third-order valence-electron chi connectivity index (χ3n) is 3.54. The van der Waals surface area contributed by atoms with Gasteiger partial charge < -0.3 is 15.2 Å². The summed E-state index contributed by atoms with van der Waals surface area (Å²) in [6.45, 7) is 7.69. The first-order valence-electron chi connectivity index (χ1n) is 6.97. The van der Waals surface area contributed by atoms with Crippen LogP contribution in [0.25, 0.3) is 0 Å². The van der Waals surface area contributed by atoms with Crippen molar-refractivity contribution >= 4 is 11.7 Å². The van der Waals surface area contributed by atoms with Crippen LogP contribution in [0, 0.1) is 6.92 Å². The molecule has 0 spiro atoms. The number of hydrogen-bond donors (Lipinski definition) is 1. The molecule has 1 aliphatic rings. The Morgan fingerprint density at radius 2 is 2.35 bits per heavy atom. The van der Waals surface area contributed by atoms with Crippen molar-refractivity contribution in [3.63, 3.8) is 0 Å². The first-order valence-corrected chi connectivity index (χ1v) is 6.97. The van der Waals surface area contributed by atoms with Crippen molar-refractivity contribution in [3.8, 4) is 0 Å². The number of likely N-dealkylation sites (N-methyl/N-ethyl adjacent to an activating group) is 1. The Bertz CT molecular complexity index is 476. The van der Waals surface area contributed by atoms with Crippen molar-refractivity contribution in [1.82, 2.24) is 4.90 Å². The molecule has 1 fully saturated rings. The summed E-state index contributed by atoms with van der Waals surface area (Å²) >= 11 is 0. The van der Waals surface area contributed by atoms with Crippen molar-refractivity contribution in [3.05, 3.63) is 29.3 Å². The van der Waals surface area contributed by atoms with Crippen LogP contribution in [0.4, 0.5) is 5.69 Å². The molecule has 5 heteroatoms. The fraction of sp³-hybridized carbons (Fsp3) is 0.533. The number of carbonyl (C=O) groups excluding carboxylic acids is 1. The highest BCUT2D eigenvalue weighted by Gasteiger charge is 2.21. The Kier molecular flexibility index (Phi) is 4.98. The van der Waals surface area contributed by atoms with E-state index < -0.39 is 0 Å². The predicted octanol–water partition coefficient (Wildman–Crippen LogP) is 1.45. The second-order valence-electron chi connectivity index (χ2n) is 5.06. The molecule has 0 aliphatic carbocycles. The third-order valence-corrected chi connectivity index (χ3v) is 3.54. The summed E-state index contributed by atoms with van der Waals surface area (Å²) in [4.78, 5) is 14.3. The molecule has 0 bridgehead atoms. The minimum Gasteiger partial charge on any atom is -0.459 e. The van der Waals surface area contributed by atoms with E-state index in [-0.39, 0.29) is 12.1 Å². The number of nitrogens with two attached hydrogens (primary N) is 1. The predicted molar refractivity (Wildman–Crippen MR) is 77.7 cm³/mol. The number of ether oxygens (including phenoxy) is 2. The molecule has 1 aromatic rings. The molecule has 1 atom stereocenters. The average Bonchev–Trinajstić information content (AvgIpc) is 2.45. The molecule has 110 valence electrons. The summed E-state index contributed by atoms with van der Waals surface area (Å²) in [7, 11) is 0. The van der Waals surface area contributed by atoms with Crippen LogP contribution in [0.1, 0.15) is 22.8 Å². The van der Waals surface area contributed by atoms with E-state index in [9.17, 15) is 4.79 Å². The Balaban J connectivity index is 1.88. The number of aryl methyl sites for hydroxylation is 1. The highest BCUT2D eigenvalue weighted by atomic mass is 16.6. The minimum absolute atomic E-state index is 0.0401. The lowest BCUT2D eigenvalue weighted by atomic mass is 10.1. The lowest BCUT2D eigenvalue weighted by Crippen LogP contribution is -2.44. The standard InChI is InChI=1S/C15H22N2O3/c1-3-17-6-7-19-13(9-17)10-20-15(18)14-5-4-12(16)8-11(14)2/h4-5,8,13H,3,6-7,9-10,16H2,1-2H3. The fourth-order valence-electron chi connectivity index (χ4n) is 2.33. The zero-order chi connectivity index (χ0) is 14.5. The number of benzene rings is 1. The second kappa shape index (κ2) is 6.72. The van der Waals surface area contributed by atoms with Gasteiger partial charge in [-0.3, -0.25) is 4.90 Å². The van der Waals surface area contributed by atoms with Crippen LogP contribution in [-0.2, 0) is 9.47 Å². The molecular weight excluding hydrogens is 256 g/mol. The number of rotatable bonds is 4. The van der Waals surface area contributed by atoms with E-state index in [0.29, 0.717) is 24.5 Å². The summed E-state index contributed by atoms with van der Waals surface area (Å²) in [6, 6.07) is 5.18. The van der Waals surface area contributed by atoms with Crippen molar-refractivity contribution in [1.29, 1.82) is 0 Å². The third kappa shape index (κ3) is 3.71. The zero-order valence-electron chi connectivity index (χ0n) is 12.1. The van der Waals surface area contributed by atoms with Crippen LogP contribution in [0.2, 0.25) is 0 Å². The normalized spacial score (nSPS) is 19.8. The van der Waals surface area contributed by atoms with Gasteiger partial charge >= 0.3 is 5.97 Å². The Morgan fingerprint density at radius 1 is 1.55 bits per heavy atom. The van der Waals surface area contributed by atoms with Crippen LogP contribution in [0.15, 0.2) is 18.2 Å². The lowest BCUT2D eigenvalue weighted by Gasteiger charge is -2.31. The van der Waals surface area contributed by atoms with E-state index in [2.05, 4.69) is 11.8 Å². The van der Waals surface area contributed by atoms with Gasteiger partial charge in [-0.2, -0.15) is 0 Å².